The second kappa shape index (κ2) is 7.36. The van der Waals surface area contributed by atoms with Gasteiger partial charge in [-0.2, -0.15) is 0 Å². The van der Waals surface area contributed by atoms with E-state index in [1.807, 2.05) is 0 Å². The van der Waals surface area contributed by atoms with Gasteiger partial charge in [-0.1, -0.05) is 22.0 Å². The molecule has 0 unspecified atom stereocenters. The first-order valence-corrected chi connectivity index (χ1v) is 9.53. The normalized spacial score (nSPS) is 11.2. The predicted molar refractivity (Wildman–Crippen MR) is 96.9 cm³/mol. The quantitative estimate of drug-likeness (QED) is 0.702. The topological polar surface area (TPSA) is 63.7 Å². The number of esters is 1. The van der Waals surface area contributed by atoms with Gasteiger partial charge in [0.2, 0.25) is 0 Å². The molecule has 0 amide bonds. The Morgan fingerprint density at radius 2 is 1.79 bits per heavy atom. The van der Waals surface area contributed by atoms with Crippen LogP contribution in [0.25, 0.3) is 0 Å². The van der Waals surface area contributed by atoms with Crippen molar-refractivity contribution < 1.29 is 17.9 Å². The van der Waals surface area contributed by atoms with E-state index in [0.29, 0.717) is 11.3 Å². The minimum Gasteiger partial charge on any atom is -0.462 e. The average Bonchev–Trinajstić information content (AvgIpc) is 2.55. The standard InChI is InChI=1S/C17H18BrNO4S/c1-4-23-17(20)13-6-5-12(2)16(11-13)19(3)24(21,22)15-9-7-14(18)8-10-15/h5-11H,4H2,1-3H3. The van der Waals surface area contributed by atoms with Gasteiger partial charge in [-0.05, 0) is 55.8 Å². The summed E-state index contributed by atoms with van der Waals surface area (Å²) >= 11 is 3.29. The fraction of sp³-hybridized carbons (Fsp3) is 0.235. The van der Waals surface area contributed by atoms with E-state index < -0.39 is 16.0 Å². The van der Waals surface area contributed by atoms with E-state index in [1.54, 1.807) is 38.1 Å². The maximum atomic E-state index is 12.8. The Balaban J connectivity index is 2.44. The molecule has 0 N–H and O–H groups in total. The monoisotopic (exact) mass is 411 g/mol. The number of rotatable bonds is 5. The summed E-state index contributed by atoms with van der Waals surface area (Å²) < 4.78 is 32.5. The molecule has 0 aliphatic carbocycles. The highest BCUT2D eigenvalue weighted by atomic mass is 79.9. The number of hydrogen-bond donors (Lipinski definition) is 0. The molecule has 0 fully saturated rings. The van der Waals surface area contributed by atoms with Gasteiger partial charge >= 0.3 is 5.97 Å². The minimum absolute atomic E-state index is 0.175. The molecule has 0 aliphatic rings. The zero-order valence-corrected chi connectivity index (χ0v) is 16.0. The second-order valence-electron chi connectivity index (χ2n) is 5.15. The molecule has 0 aromatic heterocycles. The van der Waals surface area contributed by atoms with Crippen molar-refractivity contribution in [2.24, 2.45) is 0 Å². The predicted octanol–water partition coefficient (Wildman–Crippen LogP) is 3.76. The SMILES string of the molecule is CCOC(=O)c1ccc(C)c(N(C)S(=O)(=O)c2ccc(Br)cc2)c1. The van der Waals surface area contributed by atoms with E-state index in [4.69, 9.17) is 4.74 Å². The maximum Gasteiger partial charge on any atom is 0.338 e. The smallest absolute Gasteiger partial charge is 0.338 e. The lowest BCUT2D eigenvalue weighted by atomic mass is 10.1. The van der Waals surface area contributed by atoms with E-state index in [1.165, 1.54) is 29.6 Å². The van der Waals surface area contributed by atoms with Crippen molar-refractivity contribution in [3.05, 3.63) is 58.1 Å². The Morgan fingerprint density at radius 1 is 1.17 bits per heavy atom. The summed E-state index contributed by atoms with van der Waals surface area (Å²) in [5, 5.41) is 0. The number of ether oxygens (including phenoxy) is 1. The summed E-state index contributed by atoms with van der Waals surface area (Å²) in [7, 11) is -2.26. The molecular formula is C17H18BrNO4S. The first kappa shape index (κ1) is 18.5. The number of nitrogens with zero attached hydrogens (tertiary/aromatic N) is 1. The third-order valence-electron chi connectivity index (χ3n) is 3.53. The van der Waals surface area contributed by atoms with Crippen LogP contribution < -0.4 is 4.31 Å². The van der Waals surface area contributed by atoms with Crippen molar-refractivity contribution in [2.75, 3.05) is 18.0 Å². The highest BCUT2D eigenvalue weighted by Gasteiger charge is 2.23. The Morgan fingerprint density at radius 3 is 2.38 bits per heavy atom. The van der Waals surface area contributed by atoms with Crippen LogP contribution in [0.15, 0.2) is 51.8 Å². The number of hydrogen-bond acceptors (Lipinski definition) is 4. The van der Waals surface area contributed by atoms with Gasteiger partial charge in [-0.3, -0.25) is 4.31 Å². The van der Waals surface area contributed by atoms with Crippen LogP contribution in [0.3, 0.4) is 0 Å². The first-order chi connectivity index (χ1) is 11.3. The summed E-state index contributed by atoms with van der Waals surface area (Å²) in [5.41, 5.74) is 1.49. The second-order valence-corrected chi connectivity index (χ2v) is 8.03. The van der Waals surface area contributed by atoms with Crippen molar-refractivity contribution in [3.8, 4) is 0 Å². The Hall–Kier alpha value is -1.86. The van der Waals surface area contributed by atoms with E-state index in [2.05, 4.69) is 15.9 Å². The molecule has 24 heavy (non-hydrogen) atoms. The lowest BCUT2D eigenvalue weighted by Gasteiger charge is -2.22. The fourth-order valence-electron chi connectivity index (χ4n) is 2.18. The molecule has 0 atom stereocenters. The molecule has 0 aliphatic heterocycles. The highest BCUT2D eigenvalue weighted by Crippen LogP contribution is 2.27. The fourth-order valence-corrected chi connectivity index (χ4v) is 3.70. The molecule has 5 nitrogen and oxygen atoms in total. The third kappa shape index (κ3) is 3.79. The van der Waals surface area contributed by atoms with Crippen LogP contribution in [0.4, 0.5) is 5.69 Å². The number of carbonyl (C=O) groups excluding carboxylic acids is 1. The molecule has 0 saturated carbocycles. The summed E-state index contributed by atoms with van der Waals surface area (Å²) in [6, 6.07) is 11.3. The number of carbonyl (C=O) groups is 1. The Bertz CT molecular complexity index is 847. The van der Waals surface area contributed by atoms with Crippen LogP contribution in [-0.2, 0) is 14.8 Å². The van der Waals surface area contributed by atoms with Gasteiger partial charge in [-0.15, -0.1) is 0 Å². The van der Waals surface area contributed by atoms with Gasteiger partial charge in [-0.25, -0.2) is 13.2 Å². The van der Waals surface area contributed by atoms with Gasteiger partial charge in [0.25, 0.3) is 10.0 Å². The molecule has 128 valence electrons. The summed E-state index contributed by atoms with van der Waals surface area (Å²) in [6.45, 7) is 3.77. The molecule has 0 bridgehead atoms. The molecule has 2 aromatic rings. The van der Waals surface area contributed by atoms with E-state index in [9.17, 15) is 13.2 Å². The van der Waals surface area contributed by atoms with Gasteiger partial charge in [0, 0.05) is 11.5 Å². The lowest BCUT2D eigenvalue weighted by Crippen LogP contribution is -2.27. The molecule has 0 heterocycles. The number of aryl methyl sites for hydroxylation is 1. The summed E-state index contributed by atoms with van der Waals surface area (Å²) in [6.07, 6.45) is 0. The molecule has 2 rings (SSSR count). The van der Waals surface area contributed by atoms with E-state index >= 15 is 0 Å². The summed E-state index contributed by atoms with van der Waals surface area (Å²) in [5.74, 6) is -0.479. The Kier molecular flexibility index (Phi) is 5.66. The van der Waals surface area contributed by atoms with Gasteiger partial charge in [0.1, 0.15) is 0 Å². The first-order valence-electron chi connectivity index (χ1n) is 7.29. The van der Waals surface area contributed by atoms with Crippen LogP contribution in [-0.4, -0.2) is 28.0 Å². The zero-order chi connectivity index (χ0) is 17.9. The molecular weight excluding hydrogens is 394 g/mol. The Labute approximate surface area is 150 Å². The van der Waals surface area contributed by atoms with Crippen molar-refractivity contribution in [3.63, 3.8) is 0 Å². The average molecular weight is 412 g/mol. The van der Waals surface area contributed by atoms with E-state index in [-0.39, 0.29) is 11.5 Å². The zero-order valence-electron chi connectivity index (χ0n) is 13.6. The minimum atomic E-state index is -3.73. The number of sulfonamides is 1. The van der Waals surface area contributed by atoms with Crippen molar-refractivity contribution in [2.45, 2.75) is 18.7 Å². The van der Waals surface area contributed by atoms with Crippen LogP contribution >= 0.6 is 15.9 Å². The van der Waals surface area contributed by atoms with Gasteiger partial charge in [0.05, 0.1) is 22.8 Å². The lowest BCUT2D eigenvalue weighted by molar-refractivity contribution is 0.0526. The van der Waals surface area contributed by atoms with Crippen LogP contribution in [0.1, 0.15) is 22.8 Å². The van der Waals surface area contributed by atoms with Gasteiger partial charge in [0.15, 0.2) is 0 Å². The third-order valence-corrected chi connectivity index (χ3v) is 5.85. The maximum absolute atomic E-state index is 12.8. The largest absolute Gasteiger partial charge is 0.462 e. The van der Waals surface area contributed by atoms with E-state index in [0.717, 1.165) is 10.0 Å². The van der Waals surface area contributed by atoms with Crippen molar-refractivity contribution in [1.29, 1.82) is 0 Å². The van der Waals surface area contributed by atoms with Crippen LogP contribution in [0.5, 0.6) is 0 Å². The molecule has 0 saturated heterocycles. The number of anilines is 1. The number of halogens is 1. The molecule has 7 heteroatoms. The van der Waals surface area contributed by atoms with Crippen molar-refractivity contribution in [1.82, 2.24) is 0 Å². The van der Waals surface area contributed by atoms with Gasteiger partial charge < -0.3 is 4.74 Å². The van der Waals surface area contributed by atoms with Crippen molar-refractivity contribution >= 4 is 37.6 Å². The molecule has 0 spiro atoms. The van der Waals surface area contributed by atoms with Crippen LogP contribution in [0, 0.1) is 6.92 Å². The highest BCUT2D eigenvalue weighted by molar-refractivity contribution is 9.10. The molecule has 0 radical (unpaired) electrons. The van der Waals surface area contributed by atoms with Crippen LogP contribution in [0.2, 0.25) is 0 Å². The molecule has 2 aromatic carbocycles. The number of benzene rings is 2. The summed E-state index contributed by atoms with van der Waals surface area (Å²) in [4.78, 5) is 12.1.